The third kappa shape index (κ3) is 12.3. The minimum Gasteiger partial charge on any atom is -0.508 e. The zero-order valence-electron chi connectivity index (χ0n) is 29.9. The molecule has 3 amide bonds. The first-order chi connectivity index (χ1) is 23.5. The number of nitrogens with one attached hydrogen (secondary N) is 2. The Labute approximate surface area is 294 Å². The highest BCUT2D eigenvalue weighted by atomic mass is 16.6. The predicted octanol–water partition coefficient (Wildman–Crippen LogP) is 5.55. The molecule has 3 aromatic rings. The third-order valence-corrected chi connectivity index (χ3v) is 7.44. The number of phenolic OH excluding ortho intramolecular Hbond substituents is 1. The fraction of sp³-hybridized carbons (Fsp3) is 0.410. The van der Waals surface area contributed by atoms with Crippen molar-refractivity contribution >= 4 is 23.9 Å². The van der Waals surface area contributed by atoms with E-state index in [-0.39, 0.29) is 18.6 Å². The number of aromatic hydroxyl groups is 1. The molecule has 3 atom stereocenters. The van der Waals surface area contributed by atoms with Crippen LogP contribution in [0, 0.1) is 11.3 Å². The fourth-order valence-corrected chi connectivity index (χ4v) is 5.17. The molecule has 3 aromatic carbocycles. The number of alkyl carbamates (subject to hydrolysis) is 1. The zero-order chi connectivity index (χ0) is 37.1. The molecular weight excluding hydrogens is 636 g/mol. The predicted molar refractivity (Wildman–Crippen MR) is 189 cm³/mol. The van der Waals surface area contributed by atoms with E-state index in [1.807, 2.05) is 55.5 Å². The van der Waals surface area contributed by atoms with Crippen LogP contribution in [-0.4, -0.2) is 63.7 Å². The molecule has 0 aliphatic rings. The van der Waals surface area contributed by atoms with Crippen molar-refractivity contribution in [1.82, 2.24) is 15.5 Å². The molecule has 0 radical (unpaired) electrons. The SMILES string of the molecule is CCc1ccc(C(C(=O)NC(Cc2ccccc2)C(=O)OC(C)(C)C)N(CC#N)C(=O)C(Cc2ccc(O)cc2)NC(=O)OC(C)(C)C)cc1. The Kier molecular flexibility index (Phi) is 13.5. The lowest BCUT2D eigenvalue weighted by Gasteiger charge is -2.34. The summed E-state index contributed by atoms with van der Waals surface area (Å²) in [6, 6.07) is 20.5. The number of carbonyl (C=O) groups is 4. The van der Waals surface area contributed by atoms with Gasteiger partial charge in [0, 0.05) is 12.8 Å². The van der Waals surface area contributed by atoms with Crippen molar-refractivity contribution in [2.24, 2.45) is 0 Å². The number of aryl methyl sites for hydroxylation is 1. The normalized spacial score (nSPS) is 13.2. The van der Waals surface area contributed by atoms with Gasteiger partial charge in [0.25, 0.3) is 0 Å². The van der Waals surface area contributed by atoms with Crippen LogP contribution in [-0.2, 0) is 43.1 Å². The average Bonchev–Trinajstić information content (AvgIpc) is 3.03. The van der Waals surface area contributed by atoms with E-state index in [2.05, 4.69) is 10.6 Å². The maximum absolute atomic E-state index is 14.5. The van der Waals surface area contributed by atoms with Crippen LogP contribution in [0.4, 0.5) is 4.79 Å². The van der Waals surface area contributed by atoms with Gasteiger partial charge in [0.15, 0.2) is 0 Å². The van der Waals surface area contributed by atoms with Crippen molar-refractivity contribution in [2.45, 2.75) is 97.1 Å². The Morgan fingerprint density at radius 3 is 1.84 bits per heavy atom. The van der Waals surface area contributed by atoms with Crippen molar-refractivity contribution in [1.29, 1.82) is 5.26 Å². The van der Waals surface area contributed by atoms with Gasteiger partial charge < -0.3 is 30.1 Å². The largest absolute Gasteiger partial charge is 0.508 e. The molecule has 0 heterocycles. The average molecular weight is 685 g/mol. The van der Waals surface area contributed by atoms with Gasteiger partial charge in [0.1, 0.15) is 41.6 Å². The van der Waals surface area contributed by atoms with Crippen molar-refractivity contribution < 1.29 is 33.8 Å². The lowest BCUT2D eigenvalue weighted by atomic mass is 9.98. The molecular formula is C39H48N4O7. The van der Waals surface area contributed by atoms with Crippen LogP contribution in [0.3, 0.4) is 0 Å². The summed E-state index contributed by atoms with van der Waals surface area (Å²) in [6.07, 6.45) is -0.0751. The Hall–Kier alpha value is -5.37. The van der Waals surface area contributed by atoms with Gasteiger partial charge in [-0.25, -0.2) is 9.59 Å². The standard InChI is InChI=1S/C39H48N4O7/c1-8-26-14-18-29(19-15-26)33(34(45)41-32(36(47)49-38(2,3)4)25-27-12-10-9-11-13-27)43(23-22-40)35(46)31(42-37(48)50-39(5,6)7)24-28-16-20-30(44)21-17-28/h9-21,31-33,44H,8,23-25H2,1-7H3,(H,41,45)(H,42,48). The van der Waals surface area contributed by atoms with E-state index in [0.717, 1.165) is 22.4 Å². The van der Waals surface area contributed by atoms with Crippen molar-refractivity contribution in [3.8, 4) is 11.8 Å². The molecule has 3 rings (SSSR count). The van der Waals surface area contributed by atoms with E-state index < -0.39 is 59.7 Å². The summed E-state index contributed by atoms with van der Waals surface area (Å²) in [5.74, 6) is -2.10. The van der Waals surface area contributed by atoms with Gasteiger partial charge in [-0.2, -0.15) is 5.26 Å². The van der Waals surface area contributed by atoms with Crippen LogP contribution in [0.5, 0.6) is 5.75 Å². The van der Waals surface area contributed by atoms with Crippen molar-refractivity contribution in [3.05, 3.63) is 101 Å². The van der Waals surface area contributed by atoms with E-state index in [4.69, 9.17) is 9.47 Å². The number of nitriles is 1. The minimum atomic E-state index is -1.38. The van der Waals surface area contributed by atoms with Crippen LogP contribution < -0.4 is 10.6 Å². The van der Waals surface area contributed by atoms with E-state index in [9.17, 15) is 29.5 Å². The molecule has 0 saturated heterocycles. The van der Waals surface area contributed by atoms with Gasteiger partial charge in [0.05, 0.1) is 6.07 Å². The summed E-state index contributed by atoms with van der Waals surface area (Å²) in [6.45, 7) is 11.7. The molecule has 11 nitrogen and oxygen atoms in total. The second-order valence-electron chi connectivity index (χ2n) is 14.0. The number of rotatable bonds is 13. The molecule has 266 valence electrons. The first-order valence-corrected chi connectivity index (χ1v) is 16.6. The number of nitrogens with zero attached hydrogens (tertiary/aromatic N) is 2. The lowest BCUT2D eigenvalue weighted by Crippen LogP contribution is -2.55. The summed E-state index contributed by atoms with van der Waals surface area (Å²) in [5, 5.41) is 25.2. The maximum Gasteiger partial charge on any atom is 0.408 e. The smallest absolute Gasteiger partial charge is 0.408 e. The van der Waals surface area contributed by atoms with E-state index in [1.54, 1.807) is 65.8 Å². The van der Waals surface area contributed by atoms with Crippen molar-refractivity contribution in [2.75, 3.05) is 6.54 Å². The van der Waals surface area contributed by atoms with Crippen LogP contribution in [0.2, 0.25) is 0 Å². The number of carbonyl (C=O) groups excluding carboxylic acids is 4. The van der Waals surface area contributed by atoms with Gasteiger partial charge in [-0.15, -0.1) is 0 Å². The van der Waals surface area contributed by atoms with E-state index in [1.165, 1.54) is 12.1 Å². The lowest BCUT2D eigenvalue weighted by molar-refractivity contribution is -0.159. The number of hydrogen-bond donors (Lipinski definition) is 3. The van der Waals surface area contributed by atoms with Gasteiger partial charge in [-0.3, -0.25) is 9.59 Å². The molecule has 3 unspecified atom stereocenters. The van der Waals surface area contributed by atoms with Crippen LogP contribution in [0.1, 0.15) is 76.8 Å². The third-order valence-electron chi connectivity index (χ3n) is 7.44. The summed E-state index contributed by atoms with van der Waals surface area (Å²) >= 11 is 0. The van der Waals surface area contributed by atoms with Gasteiger partial charge in [-0.05, 0) is 82.3 Å². The van der Waals surface area contributed by atoms with Gasteiger partial charge >= 0.3 is 12.1 Å². The van der Waals surface area contributed by atoms with Gasteiger partial charge in [0.2, 0.25) is 11.8 Å². The minimum absolute atomic E-state index is 0.0186. The maximum atomic E-state index is 14.5. The Morgan fingerprint density at radius 1 is 0.760 bits per heavy atom. The molecule has 3 N–H and O–H groups in total. The van der Waals surface area contributed by atoms with Crippen LogP contribution in [0.15, 0.2) is 78.9 Å². The quantitative estimate of drug-likeness (QED) is 0.156. The monoisotopic (exact) mass is 684 g/mol. The Balaban J connectivity index is 2.10. The summed E-state index contributed by atoms with van der Waals surface area (Å²) in [4.78, 5) is 56.6. The van der Waals surface area contributed by atoms with E-state index in [0.29, 0.717) is 11.1 Å². The highest BCUT2D eigenvalue weighted by molar-refractivity contribution is 5.94. The first-order valence-electron chi connectivity index (χ1n) is 16.6. The number of amides is 3. The summed E-state index contributed by atoms with van der Waals surface area (Å²) in [7, 11) is 0. The Morgan fingerprint density at radius 2 is 1.30 bits per heavy atom. The molecule has 11 heteroatoms. The molecule has 0 aliphatic heterocycles. The first kappa shape index (κ1) is 39.1. The van der Waals surface area contributed by atoms with Crippen LogP contribution in [0.25, 0.3) is 0 Å². The highest BCUT2D eigenvalue weighted by Gasteiger charge is 2.38. The number of ether oxygens (including phenoxy) is 2. The number of esters is 1. The number of phenols is 1. The molecule has 0 saturated carbocycles. The highest BCUT2D eigenvalue weighted by Crippen LogP contribution is 2.25. The second kappa shape index (κ2) is 17.3. The van der Waals surface area contributed by atoms with Gasteiger partial charge in [-0.1, -0.05) is 73.7 Å². The summed E-state index contributed by atoms with van der Waals surface area (Å²) in [5.41, 5.74) is 1.03. The van der Waals surface area contributed by atoms with Crippen LogP contribution >= 0.6 is 0 Å². The molecule has 50 heavy (non-hydrogen) atoms. The molecule has 0 aliphatic carbocycles. The fourth-order valence-electron chi connectivity index (χ4n) is 5.17. The molecule has 0 fully saturated rings. The molecule has 0 bridgehead atoms. The number of benzene rings is 3. The van der Waals surface area contributed by atoms with E-state index >= 15 is 0 Å². The van der Waals surface area contributed by atoms with Crippen molar-refractivity contribution in [3.63, 3.8) is 0 Å². The number of hydrogen-bond acceptors (Lipinski definition) is 8. The zero-order valence-corrected chi connectivity index (χ0v) is 29.9. The molecule has 0 spiro atoms. The topological polar surface area (TPSA) is 158 Å². The second-order valence-corrected chi connectivity index (χ2v) is 14.0. The summed E-state index contributed by atoms with van der Waals surface area (Å²) < 4.78 is 11.1. The Bertz CT molecular complexity index is 1640. The molecule has 0 aromatic heterocycles.